The van der Waals surface area contributed by atoms with E-state index in [0.29, 0.717) is 17.6 Å². The Morgan fingerprint density at radius 1 is 0.960 bits per heavy atom. The van der Waals surface area contributed by atoms with Crippen LogP contribution >= 0.6 is 0 Å². The summed E-state index contributed by atoms with van der Waals surface area (Å²) in [4.78, 5) is 12.2. The smallest absolute Gasteiger partial charge is 0.255 e. The van der Waals surface area contributed by atoms with Crippen molar-refractivity contribution in [2.24, 2.45) is 0 Å². The van der Waals surface area contributed by atoms with Crippen LogP contribution in [-0.2, 0) is 0 Å². The van der Waals surface area contributed by atoms with Crippen molar-refractivity contribution in [1.82, 2.24) is 5.01 Å². The van der Waals surface area contributed by atoms with Crippen molar-refractivity contribution in [2.45, 2.75) is 37.8 Å². The van der Waals surface area contributed by atoms with Gasteiger partial charge in [0.25, 0.3) is 5.91 Å². The van der Waals surface area contributed by atoms with Crippen molar-refractivity contribution in [3.63, 3.8) is 0 Å². The molecule has 1 aliphatic carbocycles. The van der Waals surface area contributed by atoms with Gasteiger partial charge in [-0.05, 0) is 62.1 Å². The first-order valence-corrected chi connectivity index (χ1v) is 8.71. The molecule has 5 heteroatoms. The number of hydrogen-bond donors (Lipinski definition) is 1. The summed E-state index contributed by atoms with van der Waals surface area (Å²) in [6.45, 7) is 0. The van der Waals surface area contributed by atoms with E-state index in [1.165, 1.54) is 0 Å². The molecule has 1 N–H and O–H groups in total. The lowest BCUT2D eigenvalue weighted by Crippen LogP contribution is -2.59. The molecule has 2 aromatic carbocycles. The van der Waals surface area contributed by atoms with E-state index in [1.54, 1.807) is 12.1 Å². The van der Waals surface area contributed by atoms with Gasteiger partial charge in [-0.25, -0.2) is 5.01 Å². The first kappa shape index (κ1) is 15.5. The maximum absolute atomic E-state index is 12.2. The van der Waals surface area contributed by atoms with Gasteiger partial charge in [-0.1, -0.05) is 18.2 Å². The zero-order chi connectivity index (χ0) is 17.2. The molecule has 1 amide bonds. The van der Waals surface area contributed by atoms with Crippen LogP contribution in [0.5, 0.6) is 0 Å². The van der Waals surface area contributed by atoms with Crippen molar-refractivity contribution in [2.75, 3.05) is 10.3 Å². The summed E-state index contributed by atoms with van der Waals surface area (Å²) in [5.41, 5.74) is 2.40. The topological polar surface area (TPSA) is 59.4 Å². The Morgan fingerprint density at radius 3 is 2.24 bits per heavy atom. The number of nitrogens with one attached hydrogen (secondary N) is 1. The van der Waals surface area contributed by atoms with E-state index in [-0.39, 0.29) is 5.91 Å². The SMILES string of the molecule is N#CN1C2CCC(CC2)N1c1ccc(NC(=O)c2ccccc2)cc1. The number of nitrogens with zero attached hydrogens (tertiary/aromatic N) is 3. The van der Waals surface area contributed by atoms with Gasteiger partial charge in [-0.2, -0.15) is 5.26 Å². The standard InChI is InChI=1S/C20H20N4O/c21-14-23-17-10-12-19(13-11-17)24(23)18-8-6-16(7-9-18)22-20(25)15-4-2-1-3-5-15/h1-9,17,19H,10-13H2,(H,22,25). The number of carbonyl (C=O) groups is 1. The predicted molar refractivity (Wildman–Crippen MR) is 96.8 cm³/mol. The molecule has 2 saturated heterocycles. The summed E-state index contributed by atoms with van der Waals surface area (Å²) >= 11 is 0. The molecule has 1 saturated carbocycles. The Hall–Kier alpha value is -3.00. The Morgan fingerprint density at radius 2 is 1.60 bits per heavy atom. The monoisotopic (exact) mass is 332 g/mol. The summed E-state index contributed by atoms with van der Waals surface area (Å²) in [6, 6.07) is 17.6. The highest BCUT2D eigenvalue weighted by Crippen LogP contribution is 2.38. The Labute approximate surface area is 147 Å². The summed E-state index contributed by atoms with van der Waals surface area (Å²) in [7, 11) is 0. The van der Waals surface area contributed by atoms with E-state index in [2.05, 4.69) is 16.5 Å². The molecular weight excluding hydrogens is 312 g/mol. The minimum atomic E-state index is -0.121. The first-order valence-electron chi connectivity index (χ1n) is 8.71. The summed E-state index contributed by atoms with van der Waals surface area (Å²) in [6.07, 6.45) is 6.80. The number of fused-ring (bicyclic) bond motifs is 3. The van der Waals surface area contributed by atoms with Crippen molar-refractivity contribution in [3.8, 4) is 6.19 Å². The highest BCUT2D eigenvalue weighted by Gasteiger charge is 2.40. The van der Waals surface area contributed by atoms with Crippen LogP contribution in [0.4, 0.5) is 11.4 Å². The van der Waals surface area contributed by atoms with Gasteiger partial charge in [0.05, 0.1) is 17.8 Å². The lowest BCUT2D eigenvalue weighted by atomic mass is 9.87. The van der Waals surface area contributed by atoms with Crippen LogP contribution in [0, 0.1) is 11.5 Å². The molecule has 2 aliphatic heterocycles. The highest BCUT2D eigenvalue weighted by atomic mass is 16.1. The summed E-state index contributed by atoms with van der Waals surface area (Å²) in [5.74, 6) is -0.121. The number of amides is 1. The van der Waals surface area contributed by atoms with Crippen molar-refractivity contribution < 1.29 is 4.79 Å². The maximum atomic E-state index is 12.2. The van der Waals surface area contributed by atoms with Gasteiger partial charge in [0.15, 0.2) is 6.19 Å². The van der Waals surface area contributed by atoms with Crippen LogP contribution in [0.2, 0.25) is 0 Å². The van der Waals surface area contributed by atoms with Gasteiger partial charge in [-0.3, -0.25) is 9.80 Å². The third kappa shape index (κ3) is 2.91. The van der Waals surface area contributed by atoms with Crippen LogP contribution in [0.1, 0.15) is 36.0 Å². The Kier molecular flexibility index (Phi) is 4.02. The fourth-order valence-corrected chi connectivity index (χ4v) is 3.85. The molecule has 25 heavy (non-hydrogen) atoms. The second kappa shape index (κ2) is 6.48. The molecule has 5 nitrogen and oxygen atoms in total. The number of hydrogen-bond acceptors (Lipinski definition) is 4. The zero-order valence-electron chi connectivity index (χ0n) is 13.9. The van der Waals surface area contributed by atoms with Crippen LogP contribution in [0.3, 0.4) is 0 Å². The van der Waals surface area contributed by atoms with E-state index in [4.69, 9.17) is 0 Å². The molecule has 0 unspecified atom stereocenters. The molecule has 2 bridgehead atoms. The van der Waals surface area contributed by atoms with E-state index in [0.717, 1.165) is 37.1 Å². The highest BCUT2D eigenvalue weighted by molar-refractivity contribution is 6.04. The van der Waals surface area contributed by atoms with Gasteiger partial charge in [0.2, 0.25) is 0 Å². The molecule has 126 valence electrons. The molecule has 0 spiro atoms. The molecule has 0 aromatic heterocycles. The van der Waals surface area contributed by atoms with Crippen molar-refractivity contribution in [3.05, 3.63) is 60.2 Å². The van der Waals surface area contributed by atoms with Crippen LogP contribution < -0.4 is 10.3 Å². The fourth-order valence-electron chi connectivity index (χ4n) is 3.85. The Bertz CT molecular complexity index is 789. The summed E-state index contributed by atoms with van der Waals surface area (Å²) in [5, 5.41) is 16.4. The lowest BCUT2D eigenvalue weighted by molar-refractivity contribution is 0.102. The number of hydrazine groups is 1. The molecule has 2 aromatic rings. The van der Waals surface area contributed by atoms with E-state index in [1.807, 2.05) is 47.5 Å². The lowest BCUT2D eigenvalue weighted by Gasteiger charge is -2.51. The largest absolute Gasteiger partial charge is 0.322 e. The fraction of sp³-hybridized carbons (Fsp3) is 0.300. The molecule has 0 atom stereocenters. The number of carbonyl (C=O) groups excluding carboxylic acids is 1. The molecule has 0 radical (unpaired) electrons. The number of benzene rings is 2. The minimum absolute atomic E-state index is 0.121. The van der Waals surface area contributed by atoms with Gasteiger partial charge in [0, 0.05) is 11.3 Å². The second-order valence-corrected chi connectivity index (χ2v) is 6.62. The molecular formula is C20H20N4O. The number of anilines is 2. The van der Waals surface area contributed by atoms with Crippen molar-refractivity contribution >= 4 is 17.3 Å². The predicted octanol–water partition coefficient (Wildman–Crippen LogP) is 3.77. The zero-order valence-corrected chi connectivity index (χ0v) is 13.9. The molecule has 3 aliphatic rings. The molecule has 2 heterocycles. The maximum Gasteiger partial charge on any atom is 0.255 e. The molecule has 3 fully saturated rings. The average Bonchev–Trinajstić information content (AvgIpc) is 2.69. The second-order valence-electron chi connectivity index (χ2n) is 6.62. The van der Waals surface area contributed by atoms with Gasteiger partial charge >= 0.3 is 0 Å². The Balaban J connectivity index is 1.51. The minimum Gasteiger partial charge on any atom is -0.322 e. The first-order chi connectivity index (χ1) is 12.3. The average molecular weight is 332 g/mol. The van der Waals surface area contributed by atoms with Crippen LogP contribution in [0.15, 0.2) is 54.6 Å². The van der Waals surface area contributed by atoms with Crippen LogP contribution in [0.25, 0.3) is 0 Å². The summed E-state index contributed by atoms with van der Waals surface area (Å²) < 4.78 is 0. The van der Waals surface area contributed by atoms with Gasteiger partial charge < -0.3 is 5.32 Å². The van der Waals surface area contributed by atoms with Crippen LogP contribution in [-0.4, -0.2) is 23.0 Å². The van der Waals surface area contributed by atoms with E-state index < -0.39 is 0 Å². The van der Waals surface area contributed by atoms with E-state index in [9.17, 15) is 10.1 Å². The third-order valence-electron chi connectivity index (χ3n) is 5.12. The number of nitriles is 1. The number of rotatable bonds is 3. The van der Waals surface area contributed by atoms with Gasteiger partial charge in [-0.15, -0.1) is 0 Å². The third-order valence-corrected chi connectivity index (χ3v) is 5.12. The van der Waals surface area contributed by atoms with Gasteiger partial charge in [0.1, 0.15) is 0 Å². The normalized spacial score (nSPS) is 21.7. The quantitative estimate of drug-likeness (QED) is 0.869. The van der Waals surface area contributed by atoms with E-state index >= 15 is 0 Å². The van der Waals surface area contributed by atoms with Crippen molar-refractivity contribution in [1.29, 1.82) is 5.26 Å². The molecule has 5 rings (SSSR count).